The number of rotatable bonds is 4. The van der Waals surface area contributed by atoms with Crippen LogP contribution in [0.2, 0.25) is 0 Å². The molecule has 0 saturated carbocycles. The van der Waals surface area contributed by atoms with Crippen LogP contribution in [0.5, 0.6) is 0 Å². The number of carbonyl (C=O) groups is 2. The Hall–Kier alpha value is -4.46. The van der Waals surface area contributed by atoms with Gasteiger partial charge in [0.25, 0.3) is 32.1 Å². The number of hydrogen-bond donors (Lipinski definition) is 4. The fourth-order valence-corrected chi connectivity index (χ4v) is 3.97. The molecule has 0 bridgehead atoms. The van der Waals surface area contributed by atoms with Crippen molar-refractivity contribution in [2.45, 2.75) is 6.18 Å². The molecule has 19 heteroatoms. The molecule has 6 N–H and O–H groups in total. The number of nitrogens with zero attached hydrogens (tertiary/aromatic N) is 4. The van der Waals surface area contributed by atoms with Gasteiger partial charge in [0.2, 0.25) is 0 Å². The van der Waals surface area contributed by atoms with Gasteiger partial charge in [-0.2, -0.15) is 35.0 Å². The first-order chi connectivity index (χ1) is 20.6. The summed E-state index contributed by atoms with van der Waals surface area (Å²) in [6.45, 7) is 0.920. The molecule has 0 unspecified atom stereocenters. The molecule has 1 aliphatic heterocycles. The molecule has 2 aromatic carbocycles. The molecule has 2 heterocycles. The molecule has 246 valence electrons. The molecule has 1 fully saturated rings. The maximum atomic E-state index is 13.8. The van der Waals surface area contributed by atoms with Crippen LogP contribution in [0, 0.1) is 0 Å². The molecule has 0 radical (unpaired) electrons. The van der Waals surface area contributed by atoms with E-state index in [0.717, 1.165) is 11.8 Å². The third-order valence-corrected chi connectivity index (χ3v) is 5.70. The minimum Gasteiger partial charge on any atom is -0.370 e. The highest BCUT2D eigenvalue weighted by Gasteiger charge is 2.36. The van der Waals surface area contributed by atoms with Gasteiger partial charge >= 0.3 is 6.18 Å². The molecule has 45 heavy (non-hydrogen) atoms. The lowest BCUT2D eigenvalue weighted by Crippen LogP contribution is -2.49. The molecule has 4 rings (SSSR count). The van der Waals surface area contributed by atoms with E-state index in [1.54, 1.807) is 21.9 Å². The Balaban J connectivity index is 0.000000613. The average Bonchev–Trinajstić information content (AvgIpc) is 3.45. The van der Waals surface area contributed by atoms with Gasteiger partial charge < -0.3 is 25.8 Å². The van der Waals surface area contributed by atoms with E-state index in [4.69, 9.17) is 20.6 Å². The molecule has 0 atom stereocenters. The predicted molar refractivity (Wildman–Crippen MR) is 160 cm³/mol. The third kappa shape index (κ3) is 13.0. The monoisotopic (exact) mass is 676 g/mol. The molecule has 1 aromatic heterocycles. The summed E-state index contributed by atoms with van der Waals surface area (Å²) in [6.07, 6.45) is 0.529. The highest BCUT2D eigenvalue weighted by atomic mass is 32.2. The fraction of sp³-hybridized carbons (Fsp3) is 0.269. The maximum absolute atomic E-state index is 13.8. The Labute approximate surface area is 257 Å². The number of benzene rings is 2. The molecular formula is C26H31F3N6O8S2. The largest absolute Gasteiger partial charge is 0.418 e. The van der Waals surface area contributed by atoms with Crippen molar-refractivity contribution in [3.63, 3.8) is 0 Å². The molecule has 2 amide bonds. The topological polar surface area (TPSA) is 219 Å². The summed E-state index contributed by atoms with van der Waals surface area (Å²) in [7, 11) is -7.33. The maximum Gasteiger partial charge on any atom is 0.418 e. The third-order valence-electron chi connectivity index (χ3n) is 5.70. The number of alkyl halides is 3. The van der Waals surface area contributed by atoms with Gasteiger partial charge in [-0.05, 0) is 54.6 Å². The van der Waals surface area contributed by atoms with E-state index < -0.39 is 43.8 Å². The van der Waals surface area contributed by atoms with Crippen molar-refractivity contribution in [1.82, 2.24) is 9.47 Å². The van der Waals surface area contributed by atoms with E-state index >= 15 is 0 Å². The summed E-state index contributed by atoms with van der Waals surface area (Å²) in [5, 5.41) is 0. The first kappa shape index (κ1) is 36.7. The van der Waals surface area contributed by atoms with Gasteiger partial charge in [-0.1, -0.05) is 0 Å². The van der Waals surface area contributed by atoms with Crippen molar-refractivity contribution in [3.05, 3.63) is 83.7 Å². The van der Waals surface area contributed by atoms with Gasteiger partial charge in [0.1, 0.15) is 0 Å². The number of hydrogen-bond acceptors (Lipinski definition) is 7. The Morgan fingerprint density at radius 1 is 0.822 bits per heavy atom. The lowest BCUT2D eigenvalue weighted by atomic mass is 10.1. The van der Waals surface area contributed by atoms with Crippen molar-refractivity contribution >= 4 is 43.7 Å². The van der Waals surface area contributed by atoms with Crippen molar-refractivity contribution in [3.8, 4) is 5.69 Å². The van der Waals surface area contributed by atoms with E-state index in [1.807, 2.05) is 41.2 Å². The molecule has 0 spiro atoms. The van der Waals surface area contributed by atoms with Crippen molar-refractivity contribution < 1.29 is 48.7 Å². The molecule has 1 saturated heterocycles. The molecule has 1 aliphatic rings. The number of anilines is 1. The highest BCUT2D eigenvalue weighted by molar-refractivity contribution is 7.85. The van der Waals surface area contributed by atoms with Gasteiger partial charge in [-0.3, -0.25) is 18.7 Å². The van der Waals surface area contributed by atoms with Crippen LogP contribution in [0.1, 0.15) is 26.3 Å². The smallest absolute Gasteiger partial charge is 0.370 e. The number of aromatic nitrogens is 1. The number of carbonyl (C=O) groups excluding carboxylic acids is 2. The summed E-state index contributed by atoms with van der Waals surface area (Å²) < 4.78 is 95.0. The van der Waals surface area contributed by atoms with Crippen LogP contribution >= 0.6 is 0 Å². The molecule has 0 aliphatic carbocycles. The second-order valence-electron chi connectivity index (χ2n) is 9.45. The van der Waals surface area contributed by atoms with E-state index in [-0.39, 0.29) is 43.3 Å². The summed E-state index contributed by atoms with van der Waals surface area (Å²) in [6, 6.07) is 14.2. The Kier molecular flexibility index (Phi) is 12.3. The van der Waals surface area contributed by atoms with Crippen molar-refractivity contribution in [2.75, 3.05) is 43.6 Å². The van der Waals surface area contributed by atoms with Gasteiger partial charge in [-0.15, -0.1) is 0 Å². The van der Waals surface area contributed by atoms with Gasteiger partial charge in [0.15, 0.2) is 5.96 Å². The minimum atomic E-state index is -4.70. The number of amides is 2. The Bertz CT molecular complexity index is 1670. The number of nitrogens with two attached hydrogens (primary N) is 2. The van der Waals surface area contributed by atoms with Gasteiger partial charge in [0, 0.05) is 61.1 Å². The van der Waals surface area contributed by atoms with Crippen LogP contribution in [-0.4, -0.2) is 91.9 Å². The summed E-state index contributed by atoms with van der Waals surface area (Å²) in [4.78, 5) is 31.4. The zero-order valence-electron chi connectivity index (χ0n) is 23.9. The SMILES string of the molecule is CS(=O)(=O)O.CS(=O)(=O)O.NC(N)=NC(=O)c1ccc(N2CCN(C(=O)c3ccc(-n4cccc4)cc3)CC2)c(C(F)(F)F)c1. The lowest BCUT2D eigenvalue weighted by Gasteiger charge is -2.37. The molecular weight excluding hydrogens is 645 g/mol. The zero-order chi connectivity index (χ0) is 34.2. The zero-order valence-corrected chi connectivity index (χ0v) is 25.6. The van der Waals surface area contributed by atoms with Crippen molar-refractivity contribution in [2.24, 2.45) is 16.5 Å². The lowest BCUT2D eigenvalue weighted by molar-refractivity contribution is -0.137. The Morgan fingerprint density at radius 3 is 1.73 bits per heavy atom. The normalized spacial score (nSPS) is 13.5. The summed E-state index contributed by atoms with van der Waals surface area (Å²) in [5.74, 6) is -1.68. The van der Waals surface area contributed by atoms with Crippen LogP contribution in [0.25, 0.3) is 5.69 Å². The number of piperazine rings is 1. The van der Waals surface area contributed by atoms with E-state index in [1.165, 1.54) is 12.1 Å². The van der Waals surface area contributed by atoms with Gasteiger partial charge in [-0.25, -0.2) is 0 Å². The van der Waals surface area contributed by atoms with Crippen LogP contribution < -0.4 is 16.4 Å². The second kappa shape index (κ2) is 15.0. The van der Waals surface area contributed by atoms with E-state index in [0.29, 0.717) is 18.1 Å². The first-order valence-corrected chi connectivity index (χ1v) is 16.3. The van der Waals surface area contributed by atoms with Crippen LogP contribution in [0.15, 0.2) is 72.0 Å². The van der Waals surface area contributed by atoms with Crippen molar-refractivity contribution in [1.29, 1.82) is 0 Å². The fourth-order valence-electron chi connectivity index (χ4n) is 3.97. The predicted octanol–water partition coefficient (Wildman–Crippen LogP) is 1.88. The Morgan fingerprint density at radius 2 is 1.29 bits per heavy atom. The summed E-state index contributed by atoms with van der Waals surface area (Å²) in [5.41, 5.74) is 10.4. The number of guanidine groups is 1. The van der Waals surface area contributed by atoms with Crippen LogP contribution in [0.3, 0.4) is 0 Å². The quantitative estimate of drug-likeness (QED) is 0.178. The average molecular weight is 677 g/mol. The second-order valence-corrected chi connectivity index (χ2v) is 12.4. The van der Waals surface area contributed by atoms with E-state index in [2.05, 4.69) is 4.99 Å². The van der Waals surface area contributed by atoms with Crippen LogP contribution in [-0.2, 0) is 26.4 Å². The number of halogens is 3. The molecule has 14 nitrogen and oxygen atoms in total. The van der Waals surface area contributed by atoms with Gasteiger partial charge in [0.05, 0.1) is 18.1 Å². The standard InChI is InChI=1S/C24H23F3N6O2.2CH4O3S/c25-24(26,27)19-15-17(21(34)30-23(28)29)5-8-20(19)32-11-13-33(14-12-32)22(35)16-3-6-18(7-4-16)31-9-1-2-10-31;2*1-5(2,3)4/h1-10,15H,11-14H2,(H4,28,29,30,34);2*1H3,(H,2,3,4). The molecule has 3 aromatic rings. The minimum absolute atomic E-state index is 0.0677. The van der Waals surface area contributed by atoms with Crippen LogP contribution in [0.4, 0.5) is 18.9 Å². The highest BCUT2D eigenvalue weighted by Crippen LogP contribution is 2.38. The summed E-state index contributed by atoms with van der Waals surface area (Å²) >= 11 is 0. The number of aliphatic imine (C=N–C) groups is 1. The van der Waals surface area contributed by atoms with E-state index in [9.17, 15) is 39.6 Å². The first-order valence-electron chi connectivity index (χ1n) is 12.6.